The molecule has 3 N–H and O–H groups in total. The van der Waals surface area contributed by atoms with Crippen LogP contribution in [0.4, 0.5) is 5.69 Å². The number of benzene rings is 2. The highest BCUT2D eigenvalue weighted by Crippen LogP contribution is 2.24. The zero-order chi connectivity index (χ0) is 20.7. The highest BCUT2D eigenvalue weighted by Gasteiger charge is 2.16. The maximum atomic E-state index is 12.6. The maximum Gasteiger partial charge on any atom is 0.261 e. The summed E-state index contributed by atoms with van der Waals surface area (Å²) in [6.45, 7) is 3.79. The average molecular weight is 464 g/mol. The molecule has 2 aromatic carbocycles. The molecule has 0 saturated heterocycles. The fourth-order valence-electron chi connectivity index (χ4n) is 2.35. The fraction of sp³-hybridized carbons (Fsp3) is 0.250. The summed E-state index contributed by atoms with van der Waals surface area (Å²) in [7, 11) is 1.60. The Morgan fingerprint density at radius 3 is 2.43 bits per heavy atom. The topological polar surface area (TPSA) is 79.5 Å². The van der Waals surface area contributed by atoms with E-state index in [0.29, 0.717) is 23.4 Å². The first-order chi connectivity index (χ1) is 13.3. The summed E-state index contributed by atoms with van der Waals surface area (Å²) in [6.07, 6.45) is 0.241. The molecule has 0 spiro atoms. The molecule has 28 heavy (non-hydrogen) atoms. The van der Waals surface area contributed by atoms with Gasteiger partial charge in [0.15, 0.2) is 5.11 Å². The Morgan fingerprint density at radius 2 is 1.82 bits per heavy atom. The van der Waals surface area contributed by atoms with Crippen molar-refractivity contribution in [2.24, 2.45) is 0 Å². The van der Waals surface area contributed by atoms with Gasteiger partial charge in [0.2, 0.25) is 5.91 Å². The van der Waals surface area contributed by atoms with Gasteiger partial charge in [-0.25, -0.2) is 0 Å². The van der Waals surface area contributed by atoms with Gasteiger partial charge in [-0.2, -0.15) is 0 Å². The first-order valence-corrected chi connectivity index (χ1v) is 9.86. The van der Waals surface area contributed by atoms with Crippen molar-refractivity contribution in [2.45, 2.75) is 26.4 Å². The van der Waals surface area contributed by atoms with E-state index in [-0.39, 0.29) is 23.0 Å². The maximum absolute atomic E-state index is 12.6. The molecule has 2 amide bonds. The molecule has 0 atom stereocenters. The Kier molecular flexibility index (Phi) is 7.95. The summed E-state index contributed by atoms with van der Waals surface area (Å²) in [4.78, 5) is 24.0. The summed E-state index contributed by atoms with van der Waals surface area (Å²) in [5.74, 6) is 0.0553. The van der Waals surface area contributed by atoms with E-state index in [1.54, 1.807) is 31.3 Å². The fourth-order valence-corrected chi connectivity index (χ4v) is 2.92. The second-order valence-electron chi connectivity index (χ2n) is 6.26. The molecule has 0 saturated carbocycles. The lowest BCUT2D eigenvalue weighted by Gasteiger charge is -2.15. The van der Waals surface area contributed by atoms with Crippen molar-refractivity contribution < 1.29 is 14.3 Å². The Balaban J connectivity index is 2.02. The second-order valence-corrected chi connectivity index (χ2v) is 7.59. The molecule has 0 heterocycles. The minimum Gasteiger partial charge on any atom is -0.490 e. The van der Waals surface area contributed by atoms with E-state index >= 15 is 0 Å². The zero-order valence-electron chi connectivity index (χ0n) is 15.8. The summed E-state index contributed by atoms with van der Waals surface area (Å²) in [5, 5.41) is 8.36. The number of carbonyl (C=O) groups excluding carboxylic acids is 2. The molecule has 0 aliphatic heterocycles. The number of amides is 2. The minimum atomic E-state index is -0.370. The van der Waals surface area contributed by atoms with Gasteiger partial charge in [-0.1, -0.05) is 28.1 Å². The number of rotatable bonds is 6. The number of thiocarbonyl (C=S) groups is 1. The predicted octanol–water partition coefficient (Wildman–Crippen LogP) is 3.65. The van der Waals surface area contributed by atoms with Gasteiger partial charge in [0.1, 0.15) is 5.75 Å². The van der Waals surface area contributed by atoms with Gasteiger partial charge in [0, 0.05) is 17.2 Å². The monoisotopic (exact) mass is 463 g/mol. The Hall–Kier alpha value is -2.45. The molecule has 2 rings (SSSR count). The van der Waals surface area contributed by atoms with E-state index < -0.39 is 0 Å². The van der Waals surface area contributed by atoms with Gasteiger partial charge >= 0.3 is 0 Å². The van der Waals surface area contributed by atoms with E-state index in [1.807, 2.05) is 32.0 Å². The zero-order valence-corrected chi connectivity index (χ0v) is 18.2. The van der Waals surface area contributed by atoms with Crippen LogP contribution in [0.2, 0.25) is 0 Å². The highest BCUT2D eigenvalue weighted by atomic mass is 79.9. The van der Waals surface area contributed by atoms with Gasteiger partial charge in [-0.15, -0.1) is 0 Å². The smallest absolute Gasteiger partial charge is 0.261 e. The Morgan fingerprint density at radius 1 is 1.14 bits per heavy atom. The second kappa shape index (κ2) is 10.2. The van der Waals surface area contributed by atoms with Crippen LogP contribution in [0.5, 0.6) is 5.75 Å². The lowest BCUT2D eigenvalue weighted by molar-refractivity contribution is -0.119. The molecule has 0 unspecified atom stereocenters. The van der Waals surface area contributed by atoms with Crippen LogP contribution in [0, 0.1) is 0 Å². The van der Waals surface area contributed by atoms with Crippen molar-refractivity contribution in [2.75, 3.05) is 12.4 Å². The molecule has 0 aliphatic carbocycles. The number of nitrogens with one attached hydrogen (secondary N) is 3. The standard InChI is InChI=1S/C20H22BrN3O3S/c1-12(2)27-17-9-6-14(21)11-16(17)19(26)24-20(28)23-15-7-4-13(5-8-15)10-18(25)22-3/h4-9,11-12H,10H2,1-3H3,(H,22,25)(H2,23,24,26,28). The summed E-state index contributed by atoms with van der Waals surface area (Å²) in [5.41, 5.74) is 1.97. The van der Waals surface area contributed by atoms with Gasteiger partial charge in [0.05, 0.1) is 18.1 Å². The molecule has 0 aromatic heterocycles. The van der Waals surface area contributed by atoms with Crippen molar-refractivity contribution in [1.29, 1.82) is 0 Å². The number of halogens is 1. The van der Waals surface area contributed by atoms with Crippen molar-refractivity contribution in [3.63, 3.8) is 0 Å². The van der Waals surface area contributed by atoms with E-state index in [9.17, 15) is 9.59 Å². The molecule has 0 fully saturated rings. The number of likely N-dealkylation sites (N-methyl/N-ethyl adjacent to an activating group) is 1. The lowest BCUT2D eigenvalue weighted by Crippen LogP contribution is -2.34. The van der Waals surface area contributed by atoms with E-state index in [1.165, 1.54) is 0 Å². The lowest BCUT2D eigenvalue weighted by atomic mass is 10.1. The average Bonchev–Trinajstić information content (AvgIpc) is 2.64. The molecule has 0 radical (unpaired) electrons. The third-order valence-corrected chi connectivity index (χ3v) is 4.33. The third-order valence-electron chi connectivity index (χ3n) is 3.63. The highest BCUT2D eigenvalue weighted by molar-refractivity contribution is 9.10. The number of hydrogen-bond donors (Lipinski definition) is 3. The first kappa shape index (κ1) is 21.8. The molecule has 148 valence electrons. The minimum absolute atomic E-state index is 0.0584. The van der Waals surface area contributed by atoms with Crippen LogP contribution in [0.3, 0.4) is 0 Å². The van der Waals surface area contributed by atoms with Gasteiger partial charge in [-0.05, 0) is 62.0 Å². The first-order valence-electron chi connectivity index (χ1n) is 8.66. The van der Waals surface area contributed by atoms with Crippen molar-refractivity contribution >= 4 is 50.8 Å². The summed E-state index contributed by atoms with van der Waals surface area (Å²) >= 11 is 8.61. The third kappa shape index (κ3) is 6.61. The Bertz CT molecular complexity index is 869. The van der Waals surface area contributed by atoms with Gasteiger partial charge < -0.3 is 15.4 Å². The van der Waals surface area contributed by atoms with E-state index in [4.69, 9.17) is 17.0 Å². The SMILES string of the molecule is CNC(=O)Cc1ccc(NC(=S)NC(=O)c2cc(Br)ccc2OC(C)C)cc1. The summed E-state index contributed by atoms with van der Waals surface area (Å²) in [6, 6.07) is 12.5. The largest absolute Gasteiger partial charge is 0.490 e. The van der Waals surface area contributed by atoms with Gasteiger partial charge in [-0.3, -0.25) is 14.9 Å². The molecule has 6 nitrogen and oxygen atoms in total. The molecule has 8 heteroatoms. The number of carbonyl (C=O) groups is 2. The molecular weight excluding hydrogens is 442 g/mol. The Labute approximate surface area is 178 Å². The van der Waals surface area contributed by atoms with Crippen LogP contribution in [0.1, 0.15) is 29.8 Å². The van der Waals surface area contributed by atoms with Crippen LogP contribution >= 0.6 is 28.1 Å². The van der Waals surface area contributed by atoms with Crippen molar-refractivity contribution in [1.82, 2.24) is 10.6 Å². The molecule has 0 bridgehead atoms. The van der Waals surface area contributed by atoms with Gasteiger partial charge in [0.25, 0.3) is 5.91 Å². The normalized spacial score (nSPS) is 10.3. The number of hydrogen-bond acceptors (Lipinski definition) is 4. The van der Waals surface area contributed by atoms with Crippen LogP contribution in [-0.4, -0.2) is 30.1 Å². The molecule has 2 aromatic rings. The number of ether oxygens (including phenoxy) is 1. The quantitative estimate of drug-likeness (QED) is 0.569. The predicted molar refractivity (Wildman–Crippen MR) is 118 cm³/mol. The molecular formula is C20H22BrN3O3S. The van der Waals surface area contributed by atoms with E-state index in [0.717, 1.165) is 10.0 Å². The molecule has 0 aliphatic rings. The van der Waals surface area contributed by atoms with Crippen molar-refractivity contribution in [3.05, 3.63) is 58.1 Å². The van der Waals surface area contributed by atoms with Crippen molar-refractivity contribution in [3.8, 4) is 5.75 Å². The number of anilines is 1. The van der Waals surface area contributed by atoms with Crippen LogP contribution in [-0.2, 0) is 11.2 Å². The van der Waals surface area contributed by atoms with E-state index in [2.05, 4.69) is 31.9 Å². The van der Waals surface area contributed by atoms with Crippen LogP contribution < -0.4 is 20.7 Å². The summed E-state index contributed by atoms with van der Waals surface area (Å²) < 4.78 is 6.46. The van der Waals surface area contributed by atoms with Crippen LogP contribution in [0.25, 0.3) is 0 Å². The van der Waals surface area contributed by atoms with Crippen LogP contribution in [0.15, 0.2) is 46.9 Å².